The van der Waals surface area contributed by atoms with Crippen molar-refractivity contribution in [2.45, 2.75) is 52.4 Å². The van der Waals surface area contributed by atoms with Crippen LogP contribution in [0.25, 0.3) is 21.5 Å². The Kier molecular flexibility index (Phi) is 11.9. The zero-order valence-corrected chi connectivity index (χ0v) is 31.5. The van der Waals surface area contributed by atoms with Crippen LogP contribution in [0, 0.1) is 0 Å². The molecule has 6 aromatic carbocycles. The van der Waals surface area contributed by atoms with E-state index in [9.17, 15) is 0 Å². The second-order valence-electron chi connectivity index (χ2n) is 12.9. The summed E-state index contributed by atoms with van der Waals surface area (Å²) in [6.45, 7) is 13.7. The minimum atomic E-state index is -2.61. The van der Waals surface area contributed by atoms with Gasteiger partial charge in [0.25, 0.3) is 0 Å². The van der Waals surface area contributed by atoms with E-state index < -0.39 is 18.9 Å². The van der Waals surface area contributed by atoms with Crippen LogP contribution in [0.3, 0.4) is 0 Å². The van der Waals surface area contributed by atoms with E-state index in [0.717, 1.165) is 14.3 Å². The Morgan fingerprint density at radius 3 is 1.32 bits per heavy atom. The molecule has 228 valence electrons. The zero-order chi connectivity index (χ0) is 32.1. The zero-order valence-electron chi connectivity index (χ0n) is 26.1. The SMILES string of the molecule is CC(C)(C)c1ccc2[cH-]c3ccc(C(C)(C)C)cc3c2c1.Clc1cccc([C](c2cccc(Cl)c2)=[Zr]([Cl])[Cl])c1.c1cc[cH-]c1. The average Bonchev–Trinajstić information content (AvgIpc) is 3.64. The maximum absolute atomic E-state index is 6.26. The molecular weight excluding hydrogens is 701 g/mol. The predicted molar refractivity (Wildman–Crippen MR) is 194 cm³/mol. The number of hydrogen-bond acceptors (Lipinski definition) is 0. The molecule has 0 atom stereocenters. The molecule has 0 nitrogen and oxygen atoms in total. The molecule has 44 heavy (non-hydrogen) atoms. The molecule has 0 aliphatic carbocycles. The van der Waals surface area contributed by atoms with Gasteiger partial charge in [-0.15, -0.1) is 39.7 Å². The molecule has 0 spiro atoms. The van der Waals surface area contributed by atoms with Crippen molar-refractivity contribution in [1.82, 2.24) is 0 Å². The fourth-order valence-corrected chi connectivity index (χ4v) is 9.72. The van der Waals surface area contributed by atoms with Crippen LogP contribution < -0.4 is 0 Å². The van der Waals surface area contributed by atoms with E-state index in [1.165, 1.54) is 32.7 Å². The van der Waals surface area contributed by atoms with Gasteiger partial charge in [0, 0.05) is 0 Å². The molecule has 0 bridgehead atoms. The topological polar surface area (TPSA) is 0 Å². The van der Waals surface area contributed by atoms with Crippen molar-refractivity contribution in [3.63, 3.8) is 0 Å². The van der Waals surface area contributed by atoms with Gasteiger partial charge in [-0.25, -0.2) is 12.1 Å². The molecule has 6 rings (SSSR count). The van der Waals surface area contributed by atoms with Gasteiger partial charge >= 0.3 is 132 Å². The van der Waals surface area contributed by atoms with Crippen LogP contribution >= 0.6 is 40.2 Å². The number of fused-ring (bicyclic) bond motifs is 3. The Labute approximate surface area is 287 Å². The summed E-state index contributed by atoms with van der Waals surface area (Å²) in [7, 11) is 12.5. The molecule has 0 saturated heterocycles. The van der Waals surface area contributed by atoms with E-state index in [4.69, 9.17) is 40.2 Å². The summed E-state index contributed by atoms with van der Waals surface area (Å²) in [6, 6.07) is 41.3. The number of rotatable bonds is 2. The maximum atomic E-state index is 6.26. The molecule has 0 fully saturated rings. The molecule has 0 heterocycles. The monoisotopic (exact) mass is 736 g/mol. The van der Waals surface area contributed by atoms with Crippen molar-refractivity contribution in [3.05, 3.63) is 154 Å². The second-order valence-corrected chi connectivity index (χ2v) is 21.9. The third-order valence-electron chi connectivity index (χ3n) is 7.41. The van der Waals surface area contributed by atoms with E-state index in [2.05, 4.69) is 84.0 Å². The van der Waals surface area contributed by atoms with Crippen molar-refractivity contribution < 1.29 is 18.9 Å². The van der Waals surface area contributed by atoms with E-state index in [-0.39, 0.29) is 10.8 Å². The Morgan fingerprint density at radius 2 is 1.00 bits per heavy atom. The van der Waals surface area contributed by atoms with Crippen molar-refractivity contribution in [3.8, 4) is 0 Å². The van der Waals surface area contributed by atoms with Crippen molar-refractivity contribution in [2.75, 3.05) is 0 Å². The Bertz CT molecular complexity index is 1730. The van der Waals surface area contributed by atoms with Gasteiger partial charge in [0.2, 0.25) is 0 Å². The smallest absolute Gasteiger partial charge is 0.172 e. The minimum Gasteiger partial charge on any atom is -0.214 e. The van der Waals surface area contributed by atoms with Gasteiger partial charge in [-0.2, -0.15) is 18.2 Å². The number of hydrogen-bond donors (Lipinski definition) is 0. The normalized spacial score (nSPS) is 11.4. The fourth-order valence-electron chi connectivity index (χ4n) is 4.92. The quantitative estimate of drug-likeness (QED) is 0.155. The first-order valence-electron chi connectivity index (χ1n) is 14.6. The van der Waals surface area contributed by atoms with E-state index in [0.29, 0.717) is 10.0 Å². The summed E-state index contributed by atoms with van der Waals surface area (Å²) < 4.78 is 0.991. The Balaban J connectivity index is 0.000000175. The molecule has 0 unspecified atom stereocenters. The molecular formula is C39H38Cl4Zr-2. The van der Waals surface area contributed by atoms with Crippen LogP contribution in [0.2, 0.25) is 10.0 Å². The first-order valence-corrected chi connectivity index (χ1v) is 22.9. The largest absolute Gasteiger partial charge is 0.214 e. The van der Waals surface area contributed by atoms with Gasteiger partial charge in [-0.3, -0.25) is 0 Å². The molecule has 0 saturated carbocycles. The van der Waals surface area contributed by atoms with Gasteiger partial charge in [0.15, 0.2) is 0 Å². The summed E-state index contributed by atoms with van der Waals surface area (Å²) in [5, 5.41) is 6.83. The van der Waals surface area contributed by atoms with Gasteiger partial charge in [-0.1, -0.05) is 76.9 Å². The molecule has 0 aliphatic rings. The van der Waals surface area contributed by atoms with Crippen LogP contribution in [-0.4, -0.2) is 3.21 Å². The molecule has 5 heteroatoms. The third-order valence-corrected chi connectivity index (χ3v) is 12.5. The summed E-state index contributed by atoms with van der Waals surface area (Å²) in [5.41, 5.74) is 5.15. The Hall–Kier alpha value is -1.99. The van der Waals surface area contributed by atoms with Crippen molar-refractivity contribution in [1.29, 1.82) is 0 Å². The summed E-state index contributed by atoms with van der Waals surface area (Å²) >= 11 is 9.40. The standard InChI is InChI=1S/C21H25.C13H8Cl2.C5H5.2ClH.Zr/c1-20(2,3)16-9-7-14-11-15-8-10-17(21(4,5)6)13-19(15)18(14)12-16;14-12-5-1-3-10(8-12)7-11-4-2-6-13(15)9-11;1-2-4-5-3-1;;;/h7-13H,1-6H3;1-6,8-9H;1-5H;2*1H;/q-1;;-1;;;+2/p-2. The Morgan fingerprint density at radius 1 is 0.568 bits per heavy atom. The first-order chi connectivity index (χ1) is 20.7. The first kappa shape index (κ1) is 34.9. The fraction of sp³-hybridized carbons (Fsp3) is 0.205. The van der Waals surface area contributed by atoms with Crippen LogP contribution in [0.4, 0.5) is 0 Å². The predicted octanol–water partition coefficient (Wildman–Crippen LogP) is 13.2. The van der Waals surface area contributed by atoms with E-state index in [1.807, 2.05) is 78.9 Å². The minimum absolute atomic E-state index is 0.194. The molecule has 0 radical (unpaired) electrons. The average molecular weight is 740 g/mol. The number of benzene rings is 4. The van der Waals surface area contributed by atoms with Gasteiger partial charge in [0.05, 0.1) is 0 Å². The van der Waals surface area contributed by atoms with Crippen molar-refractivity contribution in [2.24, 2.45) is 0 Å². The molecule has 0 N–H and O–H groups in total. The summed E-state index contributed by atoms with van der Waals surface area (Å²) in [4.78, 5) is 0. The second kappa shape index (κ2) is 15.1. The third kappa shape index (κ3) is 9.28. The molecule has 6 aromatic rings. The van der Waals surface area contributed by atoms with Crippen LogP contribution in [0.1, 0.15) is 63.8 Å². The van der Waals surface area contributed by atoms with Crippen molar-refractivity contribution >= 4 is 65.0 Å². The number of halogens is 4. The molecule has 0 aromatic heterocycles. The summed E-state index contributed by atoms with van der Waals surface area (Å²) in [5.74, 6) is 0. The van der Waals surface area contributed by atoms with E-state index >= 15 is 0 Å². The summed E-state index contributed by atoms with van der Waals surface area (Å²) in [6.07, 6.45) is 0. The van der Waals surface area contributed by atoms with Crippen LogP contribution in [0.5, 0.6) is 0 Å². The van der Waals surface area contributed by atoms with Crippen LogP contribution in [0.15, 0.2) is 121 Å². The molecule has 0 aliphatic heterocycles. The van der Waals surface area contributed by atoms with E-state index in [1.54, 1.807) is 0 Å². The maximum Gasteiger partial charge on any atom is -0.172 e. The van der Waals surface area contributed by atoms with Gasteiger partial charge < -0.3 is 0 Å². The van der Waals surface area contributed by atoms with Crippen LogP contribution in [-0.2, 0) is 29.7 Å². The van der Waals surface area contributed by atoms with Gasteiger partial charge in [0.1, 0.15) is 0 Å². The van der Waals surface area contributed by atoms with Gasteiger partial charge in [-0.05, 0) is 10.8 Å². The molecule has 0 amide bonds.